The minimum Gasteiger partial charge on any atom is -0.497 e. The third-order valence-electron chi connectivity index (χ3n) is 5.38. The molecule has 1 aromatic rings. The molecule has 0 aliphatic carbocycles. The molecule has 2 saturated heterocycles. The monoisotopic (exact) mass is 374 g/mol. The molecule has 2 amide bonds. The van der Waals surface area contributed by atoms with Gasteiger partial charge in [0.05, 0.1) is 19.8 Å². The summed E-state index contributed by atoms with van der Waals surface area (Å²) in [6.45, 7) is 2.89. The van der Waals surface area contributed by atoms with Crippen molar-refractivity contribution in [2.75, 3.05) is 39.9 Å². The Morgan fingerprint density at radius 2 is 2.07 bits per heavy atom. The number of rotatable bonds is 8. The quantitative estimate of drug-likeness (QED) is 0.700. The summed E-state index contributed by atoms with van der Waals surface area (Å²) in [6, 6.07) is 7.94. The first kappa shape index (κ1) is 19.7. The van der Waals surface area contributed by atoms with Gasteiger partial charge >= 0.3 is 0 Å². The number of nitrogens with zero attached hydrogens (tertiary/aromatic N) is 2. The first-order valence-corrected chi connectivity index (χ1v) is 9.96. The molecular formula is C21H30N2O4. The molecule has 6 nitrogen and oxygen atoms in total. The number of amides is 2. The second-order valence-electron chi connectivity index (χ2n) is 7.35. The highest BCUT2D eigenvalue weighted by Crippen LogP contribution is 2.16. The van der Waals surface area contributed by atoms with Crippen molar-refractivity contribution in [3.8, 4) is 5.75 Å². The second-order valence-corrected chi connectivity index (χ2v) is 7.35. The molecule has 0 saturated carbocycles. The summed E-state index contributed by atoms with van der Waals surface area (Å²) < 4.78 is 10.9. The van der Waals surface area contributed by atoms with E-state index < -0.39 is 0 Å². The summed E-state index contributed by atoms with van der Waals surface area (Å²) >= 11 is 0. The van der Waals surface area contributed by atoms with Crippen molar-refractivity contribution >= 4 is 11.8 Å². The maximum atomic E-state index is 12.9. The van der Waals surface area contributed by atoms with E-state index in [1.54, 1.807) is 12.0 Å². The summed E-state index contributed by atoms with van der Waals surface area (Å²) in [5.74, 6) is 0.950. The standard InChI is InChI=1S/C21H30N2O4/c1-26-18-9-7-17(8-10-18)11-13-23(15-19-5-4-14-27-19)21(25)16-22-12-3-2-6-20(22)24/h7-10,19H,2-6,11-16H2,1H3. The Morgan fingerprint density at radius 3 is 2.74 bits per heavy atom. The predicted molar refractivity (Wildman–Crippen MR) is 103 cm³/mol. The highest BCUT2D eigenvalue weighted by atomic mass is 16.5. The topological polar surface area (TPSA) is 59.1 Å². The molecule has 148 valence electrons. The molecule has 0 spiro atoms. The minimum atomic E-state index is 0.0225. The summed E-state index contributed by atoms with van der Waals surface area (Å²) in [5.41, 5.74) is 1.16. The lowest BCUT2D eigenvalue weighted by Crippen LogP contribution is -2.47. The number of carbonyl (C=O) groups is 2. The van der Waals surface area contributed by atoms with Gasteiger partial charge in [0, 0.05) is 32.7 Å². The summed E-state index contributed by atoms with van der Waals surface area (Å²) in [7, 11) is 1.65. The van der Waals surface area contributed by atoms with E-state index in [1.807, 2.05) is 29.2 Å². The van der Waals surface area contributed by atoms with Gasteiger partial charge in [0.15, 0.2) is 0 Å². The molecule has 0 aromatic heterocycles. The van der Waals surface area contributed by atoms with Crippen molar-refractivity contribution in [1.29, 1.82) is 0 Å². The number of methoxy groups -OCH3 is 1. The van der Waals surface area contributed by atoms with Gasteiger partial charge in [-0.1, -0.05) is 12.1 Å². The fourth-order valence-electron chi connectivity index (χ4n) is 3.70. The molecule has 0 radical (unpaired) electrons. The molecule has 1 aromatic carbocycles. The van der Waals surface area contributed by atoms with E-state index in [4.69, 9.17) is 9.47 Å². The van der Waals surface area contributed by atoms with E-state index in [9.17, 15) is 9.59 Å². The first-order chi connectivity index (χ1) is 13.2. The van der Waals surface area contributed by atoms with Gasteiger partial charge in [-0.25, -0.2) is 0 Å². The van der Waals surface area contributed by atoms with Crippen LogP contribution in [0, 0.1) is 0 Å². The third-order valence-corrected chi connectivity index (χ3v) is 5.38. The summed E-state index contributed by atoms with van der Waals surface area (Å²) in [5, 5.41) is 0. The van der Waals surface area contributed by atoms with Gasteiger partial charge in [-0.2, -0.15) is 0 Å². The van der Waals surface area contributed by atoms with Gasteiger partial charge in [-0.15, -0.1) is 0 Å². The summed E-state index contributed by atoms with van der Waals surface area (Å²) in [6.07, 6.45) is 5.41. The zero-order valence-corrected chi connectivity index (χ0v) is 16.2. The largest absolute Gasteiger partial charge is 0.497 e. The predicted octanol–water partition coefficient (Wildman–Crippen LogP) is 2.26. The molecule has 3 rings (SSSR count). The number of hydrogen-bond acceptors (Lipinski definition) is 4. The fourth-order valence-corrected chi connectivity index (χ4v) is 3.70. The number of benzene rings is 1. The Labute approximate surface area is 161 Å². The highest BCUT2D eigenvalue weighted by molar-refractivity contribution is 5.85. The zero-order chi connectivity index (χ0) is 19.1. The maximum absolute atomic E-state index is 12.9. The van der Waals surface area contributed by atoms with Gasteiger partial charge in [-0.05, 0) is 49.8 Å². The van der Waals surface area contributed by atoms with E-state index in [1.165, 1.54) is 0 Å². The smallest absolute Gasteiger partial charge is 0.242 e. The molecule has 27 heavy (non-hydrogen) atoms. The lowest BCUT2D eigenvalue weighted by molar-refractivity contribution is -0.142. The Balaban J connectivity index is 1.59. The van der Waals surface area contributed by atoms with Crippen molar-refractivity contribution in [2.24, 2.45) is 0 Å². The van der Waals surface area contributed by atoms with Gasteiger partial charge in [-0.3, -0.25) is 9.59 Å². The minimum absolute atomic E-state index is 0.0225. The van der Waals surface area contributed by atoms with E-state index in [0.29, 0.717) is 26.1 Å². The van der Waals surface area contributed by atoms with Crippen molar-refractivity contribution in [3.63, 3.8) is 0 Å². The Bertz CT molecular complexity index is 626. The Hall–Kier alpha value is -2.08. The SMILES string of the molecule is COc1ccc(CCN(CC2CCCO2)C(=O)CN2CCCCC2=O)cc1. The Kier molecular flexibility index (Phi) is 7.10. The maximum Gasteiger partial charge on any atom is 0.242 e. The van der Waals surface area contributed by atoms with Crippen molar-refractivity contribution in [1.82, 2.24) is 9.80 Å². The van der Waals surface area contributed by atoms with Crippen LogP contribution in [0.15, 0.2) is 24.3 Å². The number of ether oxygens (including phenoxy) is 2. The van der Waals surface area contributed by atoms with Crippen LogP contribution >= 0.6 is 0 Å². The van der Waals surface area contributed by atoms with Crippen LogP contribution in [0.5, 0.6) is 5.75 Å². The van der Waals surface area contributed by atoms with Crippen molar-refractivity contribution in [2.45, 2.75) is 44.6 Å². The molecule has 2 fully saturated rings. The highest BCUT2D eigenvalue weighted by Gasteiger charge is 2.26. The summed E-state index contributed by atoms with van der Waals surface area (Å²) in [4.78, 5) is 28.6. The van der Waals surface area contributed by atoms with Gasteiger partial charge in [0.1, 0.15) is 5.75 Å². The van der Waals surface area contributed by atoms with Crippen LogP contribution in [0.4, 0.5) is 0 Å². The van der Waals surface area contributed by atoms with E-state index >= 15 is 0 Å². The van der Waals surface area contributed by atoms with Gasteiger partial charge in [0.2, 0.25) is 11.8 Å². The van der Waals surface area contributed by atoms with Gasteiger partial charge in [0.25, 0.3) is 0 Å². The van der Waals surface area contributed by atoms with Crippen LogP contribution < -0.4 is 4.74 Å². The first-order valence-electron chi connectivity index (χ1n) is 9.96. The van der Waals surface area contributed by atoms with Crippen LogP contribution in [0.2, 0.25) is 0 Å². The molecular weight excluding hydrogens is 344 g/mol. The molecule has 0 N–H and O–H groups in total. The van der Waals surface area contributed by atoms with Gasteiger partial charge < -0.3 is 19.3 Å². The van der Waals surface area contributed by atoms with E-state index in [-0.39, 0.29) is 24.5 Å². The molecule has 2 aliphatic rings. The average molecular weight is 374 g/mol. The number of likely N-dealkylation sites (tertiary alicyclic amines) is 1. The molecule has 6 heteroatoms. The van der Waals surface area contributed by atoms with Crippen molar-refractivity contribution in [3.05, 3.63) is 29.8 Å². The lowest BCUT2D eigenvalue weighted by Gasteiger charge is -2.31. The second kappa shape index (κ2) is 9.74. The van der Waals surface area contributed by atoms with Crippen LogP contribution in [0.25, 0.3) is 0 Å². The molecule has 0 bridgehead atoms. The number of piperidine rings is 1. The molecule has 1 unspecified atom stereocenters. The zero-order valence-electron chi connectivity index (χ0n) is 16.2. The number of hydrogen-bond donors (Lipinski definition) is 0. The van der Waals surface area contributed by atoms with Crippen molar-refractivity contribution < 1.29 is 19.1 Å². The van der Waals surface area contributed by atoms with Crippen LogP contribution in [0.1, 0.15) is 37.7 Å². The lowest BCUT2D eigenvalue weighted by atomic mass is 10.1. The number of carbonyl (C=O) groups excluding carboxylic acids is 2. The van der Waals surface area contributed by atoms with Crippen LogP contribution in [-0.2, 0) is 20.7 Å². The Morgan fingerprint density at radius 1 is 1.26 bits per heavy atom. The van der Waals surface area contributed by atoms with E-state index in [0.717, 1.165) is 50.0 Å². The molecule has 2 aliphatic heterocycles. The average Bonchev–Trinajstić information content (AvgIpc) is 3.20. The normalized spacial score (nSPS) is 20.0. The van der Waals surface area contributed by atoms with E-state index in [2.05, 4.69) is 0 Å². The fraction of sp³-hybridized carbons (Fsp3) is 0.619. The third kappa shape index (κ3) is 5.70. The van der Waals surface area contributed by atoms with Crippen LogP contribution in [0.3, 0.4) is 0 Å². The molecule has 1 atom stereocenters. The molecule has 2 heterocycles. The van der Waals surface area contributed by atoms with Crippen LogP contribution in [-0.4, -0.2) is 67.6 Å².